The maximum Gasteiger partial charge on any atom is 0.154 e. The molecule has 2 aromatic rings. The second kappa shape index (κ2) is 4.64. The second-order valence-electron chi connectivity index (χ2n) is 4.37. The lowest BCUT2D eigenvalue weighted by Crippen LogP contribution is -1.94. The van der Waals surface area contributed by atoms with E-state index in [1.54, 1.807) is 7.11 Å². The molecule has 1 aromatic heterocycles. The quantitative estimate of drug-likeness (QED) is 0.845. The third kappa shape index (κ3) is 1.90. The van der Waals surface area contributed by atoms with E-state index in [0.717, 1.165) is 34.4 Å². The number of methoxy groups -OCH3 is 1. The SMILES string of the molecule is COc1cc(C)c(C)cc1-c1n[nH]c(C)c1C=O. The Labute approximate surface area is 106 Å². The Hall–Kier alpha value is -2.10. The summed E-state index contributed by atoms with van der Waals surface area (Å²) in [5.41, 5.74) is 5.12. The van der Waals surface area contributed by atoms with E-state index in [0.29, 0.717) is 11.3 Å². The highest BCUT2D eigenvalue weighted by molar-refractivity contribution is 5.88. The normalized spacial score (nSPS) is 10.4. The molecule has 0 atom stereocenters. The lowest BCUT2D eigenvalue weighted by molar-refractivity contribution is 0.112. The van der Waals surface area contributed by atoms with Gasteiger partial charge in [0.2, 0.25) is 0 Å². The number of ether oxygens (including phenoxy) is 1. The van der Waals surface area contributed by atoms with Crippen LogP contribution in [0.4, 0.5) is 0 Å². The summed E-state index contributed by atoms with van der Waals surface area (Å²) in [6.07, 6.45) is 0.822. The highest BCUT2D eigenvalue weighted by Gasteiger charge is 2.16. The molecule has 0 bridgehead atoms. The van der Waals surface area contributed by atoms with Crippen LogP contribution in [0.25, 0.3) is 11.3 Å². The zero-order valence-corrected chi connectivity index (χ0v) is 11.0. The van der Waals surface area contributed by atoms with Gasteiger partial charge in [0, 0.05) is 11.3 Å². The number of nitrogens with one attached hydrogen (secondary N) is 1. The van der Waals surface area contributed by atoms with Crippen LogP contribution in [0.1, 0.15) is 27.2 Å². The van der Waals surface area contributed by atoms with Crippen LogP contribution in [0.5, 0.6) is 5.75 Å². The number of aromatic amines is 1. The maximum absolute atomic E-state index is 11.1. The number of carbonyl (C=O) groups excluding carboxylic acids is 1. The number of nitrogens with zero attached hydrogens (tertiary/aromatic N) is 1. The van der Waals surface area contributed by atoms with Gasteiger partial charge in [0.25, 0.3) is 0 Å². The van der Waals surface area contributed by atoms with Crippen LogP contribution in [-0.4, -0.2) is 23.6 Å². The molecule has 1 aromatic carbocycles. The number of H-pyrrole nitrogens is 1. The number of benzene rings is 1. The van der Waals surface area contributed by atoms with Gasteiger partial charge >= 0.3 is 0 Å². The van der Waals surface area contributed by atoms with Crippen molar-refractivity contribution >= 4 is 6.29 Å². The third-order valence-electron chi connectivity index (χ3n) is 3.18. The third-order valence-corrected chi connectivity index (χ3v) is 3.18. The van der Waals surface area contributed by atoms with Crippen LogP contribution in [0.2, 0.25) is 0 Å². The fourth-order valence-electron chi connectivity index (χ4n) is 1.93. The van der Waals surface area contributed by atoms with E-state index in [4.69, 9.17) is 4.74 Å². The Morgan fingerprint density at radius 3 is 2.50 bits per heavy atom. The van der Waals surface area contributed by atoms with Crippen LogP contribution >= 0.6 is 0 Å². The van der Waals surface area contributed by atoms with Crippen molar-refractivity contribution in [3.63, 3.8) is 0 Å². The smallest absolute Gasteiger partial charge is 0.154 e. The molecule has 0 fully saturated rings. The zero-order valence-electron chi connectivity index (χ0n) is 11.0. The van der Waals surface area contributed by atoms with Crippen LogP contribution in [-0.2, 0) is 0 Å². The van der Waals surface area contributed by atoms with Crippen molar-refractivity contribution in [3.05, 3.63) is 34.5 Å². The second-order valence-corrected chi connectivity index (χ2v) is 4.37. The van der Waals surface area contributed by atoms with Crippen molar-refractivity contribution in [2.45, 2.75) is 20.8 Å². The van der Waals surface area contributed by atoms with E-state index in [1.165, 1.54) is 0 Å². The minimum Gasteiger partial charge on any atom is -0.496 e. The van der Waals surface area contributed by atoms with Crippen molar-refractivity contribution in [2.24, 2.45) is 0 Å². The van der Waals surface area contributed by atoms with Gasteiger partial charge in [0.1, 0.15) is 11.4 Å². The summed E-state index contributed by atoms with van der Waals surface area (Å²) < 4.78 is 5.37. The number of rotatable bonds is 3. The van der Waals surface area contributed by atoms with Gasteiger partial charge < -0.3 is 4.74 Å². The first-order chi connectivity index (χ1) is 8.58. The first-order valence-electron chi connectivity index (χ1n) is 5.74. The summed E-state index contributed by atoms with van der Waals surface area (Å²) in [7, 11) is 1.62. The molecule has 2 rings (SSSR count). The largest absolute Gasteiger partial charge is 0.496 e. The molecule has 0 saturated carbocycles. The van der Waals surface area contributed by atoms with Crippen LogP contribution in [0.3, 0.4) is 0 Å². The Morgan fingerprint density at radius 1 is 1.22 bits per heavy atom. The molecule has 1 N–H and O–H groups in total. The van der Waals surface area contributed by atoms with Gasteiger partial charge in [0.05, 0.1) is 12.7 Å². The Morgan fingerprint density at radius 2 is 1.89 bits per heavy atom. The molecule has 0 amide bonds. The Kier molecular flexibility index (Phi) is 3.19. The lowest BCUT2D eigenvalue weighted by Gasteiger charge is -2.10. The standard InChI is InChI=1S/C14H16N2O2/c1-8-5-11(13(18-4)6-9(8)2)14-12(7-17)10(3)15-16-14/h5-7H,1-4H3,(H,15,16). The summed E-state index contributed by atoms with van der Waals surface area (Å²) in [6.45, 7) is 5.88. The minimum absolute atomic E-state index is 0.580. The highest BCUT2D eigenvalue weighted by atomic mass is 16.5. The van der Waals surface area contributed by atoms with Crippen molar-refractivity contribution in [1.82, 2.24) is 10.2 Å². The molecule has 4 nitrogen and oxygen atoms in total. The Bertz CT molecular complexity index is 600. The van der Waals surface area contributed by atoms with E-state index < -0.39 is 0 Å². The fraction of sp³-hybridized carbons (Fsp3) is 0.286. The van der Waals surface area contributed by atoms with Crippen LogP contribution in [0.15, 0.2) is 12.1 Å². The van der Waals surface area contributed by atoms with Gasteiger partial charge in [-0.25, -0.2) is 0 Å². The number of carbonyl (C=O) groups is 1. The summed E-state index contributed by atoms with van der Waals surface area (Å²) in [5, 5.41) is 7.04. The summed E-state index contributed by atoms with van der Waals surface area (Å²) in [6, 6.07) is 3.96. The van der Waals surface area contributed by atoms with Gasteiger partial charge in [-0.1, -0.05) is 0 Å². The van der Waals surface area contributed by atoms with Gasteiger partial charge in [0.15, 0.2) is 6.29 Å². The van der Waals surface area contributed by atoms with Crippen LogP contribution < -0.4 is 4.74 Å². The maximum atomic E-state index is 11.1. The van der Waals surface area contributed by atoms with Crippen LogP contribution in [0, 0.1) is 20.8 Å². The lowest BCUT2D eigenvalue weighted by atomic mass is 10.0. The first kappa shape index (κ1) is 12.4. The molecule has 1 heterocycles. The molecular formula is C14H16N2O2. The average Bonchev–Trinajstić information content (AvgIpc) is 2.73. The molecule has 0 spiro atoms. The average molecular weight is 244 g/mol. The molecule has 0 radical (unpaired) electrons. The van der Waals surface area contributed by atoms with Gasteiger partial charge in [-0.2, -0.15) is 5.10 Å². The van der Waals surface area contributed by atoms with Gasteiger partial charge in [-0.3, -0.25) is 9.89 Å². The van der Waals surface area contributed by atoms with Crippen molar-refractivity contribution in [2.75, 3.05) is 7.11 Å². The van der Waals surface area contributed by atoms with E-state index >= 15 is 0 Å². The zero-order chi connectivity index (χ0) is 13.3. The number of hydrogen-bond acceptors (Lipinski definition) is 3. The van der Waals surface area contributed by atoms with Gasteiger partial charge in [-0.15, -0.1) is 0 Å². The summed E-state index contributed by atoms with van der Waals surface area (Å²) in [5.74, 6) is 0.729. The molecule has 18 heavy (non-hydrogen) atoms. The highest BCUT2D eigenvalue weighted by Crippen LogP contribution is 2.33. The number of aryl methyl sites for hydroxylation is 3. The minimum atomic E-state index is 0.580. The molecule has 0 unspecified atom stereocenters. The molecule has 0 aliphatic rings. The Balaban J connectivity index is 2.69. The number of aldehydes is 1. The fourth-order valence-corrected chi connectivity index (χ4v) is 1.93. The monoisotopic (exact) mass is 244 g/mol. The molecule has 94 valence electrons. The topological polar surface area (TPSA) is 55.0 Å². The van der Waals surface area contributed by atoms with Gasteiger partial charge in [-0.05, 0) is 44.0 Å². The first-order valence-corrected chi connectivity index (χ1v) is 5.74. The molecule has 0 saturated heterocycles. The van der Waals surface area contributed by atoms with E-state index in [9.17, 15) is 4.79 Å². The van der Waals surface area contributed by atoms with Crippen molar-refractivity contribution in [3.8, 4) is 17.0 Å². The summed E-state index contributed by atoms with van der Waals surface area (Å²) in [4.78, 5) is 11.1. The van der Waals surface area contributed by atoms with E-state index in [-0.39, 0.29) is 0 Å². The predicted molar refractivity (Wildman–Crippen MR) is 70.2 cm³/mol. The number of hydrogen-bond donors (Lipinski definition) is 1. The summed E-state index contributed by atoms with van der Waals surface area (Å²) >= 11 is 0. The predicted octanol–water partition coefficient (Wildman–Crippen LogP) is 2.82. The van der Waals surface area contributed by atoms with E-state index in [2.05, 4.69) is 10.2 Å². The van der Waals surface area contributed by atoms with Crippen molar-refractivity contribution in [1.29, 1.82) is 0 Å². The van der Waals surface area contributed by atoms with E-state index in [1.807, 2.05) is 32.9 Å². The molecular weight excluding hydrogens is 228 g/mol. The molecule has 4 heteroatoms. The molecule has 0 aliphatic heterocycles. The van der Waals surface area contributed by atoms with Crippen molar-refractivity contribution < 1.29 is 9.53 Å². The number of aromatic nitrogens is 2. The molecule has 0 aliphatic carbocycles.